The average molecular weight is 225 g/mol. The van der Waals surface area contributed by atoms with Gasteiger partial charge in [0.1, 0.15) is 0 Å². The highest BCUT2D eigenvalue weighted by Crippen LogP contribution is 2.25. The van der Waals surface area contributed by atoms with Crippen LogP contribution >= 0.6 is 0 Å². The standard InChI is InChI=1S/C13H27N3/c1-10(2)15-7-5-13(9-15)16-6-4-12(8-16)11(3)14/h10-13H,4-9,14H2,1-3H3. The molecule has 2 fully saturated rings. The summed E-state index contributed by atoms with van der Waals surface area (Å²) in [4.78, 5) is 5.28. The van der Waals surface area contributed by atoms with E-state index in [1.807, 2.05) is 0 Å². The van der Waals surface area contributed by atoms with Crippen LogP contribution in [0.3, 0.4) is 0 Å². The van der Waals surface area contributed by atoms with Crippen LogP contribution in [0, 0.1) is 5.92 Å². The first-order chi connectivity index (χ1) is 7.58. The third-order valence-electron chi connectivity index (χ3n) is 4.44. The molecule has 94 valence electrons. The van der Waals surface area contributed by atoms with E-state index in [0.717, 1.165) is 12.0 Å². The Hall–Kier alpha value is -0.120. The number of rotatable bonds is 3. The lowest BCUT2D eigenvalue weighted by Crippen LogP contribution is -2.38. The highest BCUT2D eigenvalue weighted by molar-refractivity contribution is 4.90. The smallest absolute Gasteiger partial charge is 0.0235 e. The summed E-state index contributed by atoms with van der Waals surface area (Å²) >= 11 is 0. The molecule has 2 aliphatic heterocycles. The van der Waals surface area contributed by atoms with Crippen LogP contribution in [0.2, 0.25) is 0 Å². The molecule has 16 heavy (non-hydrogen) atoms. The predicted octanol–water partition coefficient (Wildman–Crippen LogP) is 1.14. The van der Waals surface area contributed by atoms with E-state index in [-0.39, 0.29) is 0 Å². The molecule has 0 saturated carbocycles. The summed E-state index contributed by atoms with van der Waals surface area (Å²) in [5, 5.41) is 0. The van der Waals surface area contributed by atoms with Crippen molar-refractivity contribution in [2.45, 2.75) is 51.7 Å². The van der Waals surface area contributed by atoms with Crippen molar-refractivity contribution < 1.29 is 0 Å². The molecule has 0 radical (unpaired) electrons. The van der Waals surface area contributed by atoms with Crippen molar-refractivity contribution in [1.82, 2.24) is 9.80 Å². The summed E-state index contributed by atoms with van der Waals surface area (Å²) in [5.74, 6) is 0.730. The Morgan fingerprint density at radius 1 is 1.06 bits per heavy atom. The second-order valence-electron chi connectivity index (χ2n) is 5.93. The third kappa shape index (κ3) is 2.58. The van der Waals surface area contributed by atoms with Crippen molar-refractivity contribution in [3.8, 4) is 0 Å². The van der Waals surface area contributed by atoms with Crippen molar-refractivity contribution in [3.63, 3.8) is 0 Å². The predicted molar refractivity (Wildman–Crippen MR) is 68.4 cm³/mol. The minimum atomic E-state index is 0.368. The normalized spacial score (nSPS) is 35.1. The Kier molecular flexibility index (Phi) is 3.88. The van der Waals surface area contributed by atoms with Gasteiger partial charge in [-0.05, 0) is 46.1 Å². The summed E-state index contributed by atoms with van der Waals surface area (Å²) in [6.07, 6.45) is 2.65. The fraction of sp³-hybridized carbons (Fsp3) is 1.00. The number of likely N-dealkylation sites (tertiary alicyclic amines) is 2. The molecule has 0 aliphatic carbocycles. The highest BCUT2D eigenvalue weighted by Gasteiger charge is 2.34. The average Bonchev–Trinajstić information content (AvgIpc) is 2.86. The lowest BCUT2D eigenvalue weighted by atomic mass is 10.0. The number of hydrogen-bond donors (Lipinski definition) is 1. The zero-order valence-corrected chi connectivity index (χ0v) is 11.0. The topological polar surface area (TPSA) is 32.5 Å². The van der Waals surface area contributed by atoms with Gasteiger partial charge in [0, 0.05) is 37.8 Å². The van der Waals surface area contributed by atoms with E-state index in [2.05, 4.69) is 30.6 Å². The van der Waals surface area contributed by atoms with Gasteiger partial charge in [-0.25, -0.2) is 0 Å². The molecule has 0 spiro atoms. The molecule has 2 N–H and O–H groups in total. The zero-order chi connectivity index (χ0) is 11.7. The van der Waals surface area contributed by atoms with Gasteiger partial charge in [-0.1, -0.05) is 0 Å². The van der Waals surface area contributed by atoms with Crippen molar-refractivity contribution in [2.24, 2.45) is 11.7 Å². The molecule has 2 rings (SSSR count). The Morgan fingerprint density at radius 3 is 2.31 bits per heavy atom. The number of hydrogen-bond acceptors (Lipinski definition) is 3. The quantitative estimate of drug-likeness (QED) is 0.782. The van der Waals surface area contributed by atoms with Crippen LogP contribution in [-0.2, 0) is 0 Å². The molecule has 0 aromatic rings. The molecule has 3 nitrogen and oxygen atoms in total. The van der Waals surface area contributed by atoms with Gasteiger partial charge in [0.15, 0.2) is 0 Å². The van der Waals surface area contributed by atoms with Gasteiger partial charge < -0.3 is 5.73 Å². The molecule has 3 unspecified atom stereocenters. The Bertz CT molecular complexity index is 203. The second-order valence-corrected chi connectivity index (χ2v) is 5.93. The molecule has 2 aliphatic rings. The molecule has 2 saturated heterocycles. The summed E-state index contributed by atoms with van der Waals surface area (Å²) in [6.45, 7) is 11.8. The van der Waals surface area contributed by atoms with Crippen LogP contribution in [0.15, 0.2) is 0 Å². The van der Waals surface area contributed by atoms with Crippen LogP contribution in [0.1, 0.15) is 33.6 Å². The van der Waals surface area contributed by atoms with E-state index >= 15 is 0 Å². The molecular formula is C13H27N3. The van der Waals surface area contributed by atoms with Gasteiger partial charge in [0.2, 0.25) is 0 Å². The van der Waals surface area contributed by atoms with E-state index in [1.54, 1.807) is 0 Å². The monoisotopic (exact) mass is 225 g/mol. The number of nitrogens with zero attached hydrogens (tertiary/aromatic N) is 2. The van der Waals surface area contributed by atoms with Crippen LogP contribution in [0.5, 0.6) is 0 Å². The zero-order valence-electron chi connectivity index (χ0n) is 11.0. The van der Waals surface area contributed by atoms with Gasteiger partial charge in [-0.2, -0.15) is 0 Å². The molecule has 0 amide bonds. The Labute approximate surface area is 100.0 Å². The maximum Gasteiger partial charge on any atom is 0.0235 e. The molecule has 2 heterocycles. The molecule has 0 bridgehead atoms. The largest absolute Gasteiger partial charge is 0.328 e. The summed E-state index contributed by atoms with van der Waals surface area (Å²) in [6, 6.07) is 1.87. The Morgan fingerprint density at radius 2 is 1.81 bits per heavy atom. The fourth-order valence-corrected chi connectivity index (χ4v) is 3.11. The highest BCUT2D eigenvalue weighted by atomic mass is 15.3. The lowest BCUT2D eigenvalue weighted by Gasteiger charge is -2.26. The summed E-state index contributed by atoms with van der Waals surface area (Å²) in [5.41, 5.74) is 6.00. The van der Waals surface area contributed by atoms with Crippen molar-refractivity contribution in [2.75, 3.05) is 26.2 Å². The van der Waals surface area contributed by atoms with Crippen LogP contribution in [0.4, 0.5) is 0 Å². The maximum atomic E-state index is 6.00. The van der Waals surface area contributed by atoms with Crippen LogP contribution < -0.4 is 5.73 Å². The molecular weight excluding hydrogens is 198 g/mol. The van der Waals surface area contributed by atoms with Gasteiger partial charge in [0.25, 0.3) is 0 Å². The van der Waals surface area contributed by atoms with Crippen LogP contribution in [0.25, 0.3) is 0 Å². The van der Waals surface area contributed by atoms with E-state index in [9.17, 15) is 0 Å². The molecule has 0 aromatic carbocycles. The van der Waals surface area contributed by atoms with Crippen molar-refractivity contribution >= 4 is 0 Å². The summed E-state index contributed by atoms with van der Waals surface area (Å²) in [7, 11) is 0. The van der Waals surface area contributed by atoms with E-state index < -0.39 is 0 Å². The van der Waals surface area contributed by atoms with E-state index in [1.165, 1.54) is 39.0 Å². The minimum Gasteiger partial charge on any atom is -0.328 e. The lowest BCUT2D eigenvalue weighted by molar-refractivity contribution is 0.207. The first-order valence-corrected chi connectivity index (χ1v) is 6.81. The fourth-order valence-electron chi connectivity index (χ4n) is 3.11. The first-order valence-electron chi connectivity index (χ1n) is 6.81. The minimum absolute atomic E-state index is 0.368. The van der Waals surface area contributed by atoms with Gasteiger partial charge in [-0.3, -0.25) is 9.80 Å². The first kappa shape index (κ1) is 12.3. The van der Waals surface area contributed by atoms with E-state index in [4.69, 9.17) is 5.73 Å². The van der Waals surface area contributed by atoms with Gasteiger partial charge in [0.05, 0.1) is 0 Å². The second kappa shape index (κ2) is 5.03. The van der Waals surface area contributed by atoms with Crippen molar-refractivity contribution in [1.29, 1.82) is 0 Å². The van der Waals surface area contributed by atoms with Crippen molar-refractivity contribution in [3.05, 3.63) is 0 Å². The molecule has 0 aromatic heterocycles. The maximum absolute atomic E-state index is 6.00. The van der Waals surface area contributed by atoms with Gasteiger partial charge >= 0.3 is 0 Å². The number of nitrogens with two attached hydrogens (primary N) is 1. The third-order valence-corrected chi connectivity index (χ3v) is 4.44. The van der Waals surface area contributed by atoms with Crippen LogP contribution in [-0.4, -0.2) is 54.1 Å². The van der Waals surface area contributed by atoms with E-state index in [0.29, 0.717) is 12.1 Å². The molecule has 3 heteroatoms. The van der Waals surface area contributed by atoms with Gasteiger partial charge in [-0.15, -0.1) is 0 Å². The molecule has 3 atom stereocenters. The Balaban J connectivity index is 1.82. The SMILES string of the molecule is CC(N)C1CCN(C2CCN(C(C)C)C2)C1. The summed E-state index contributed by atoms with van der Waals surface area (Å²) < 4.78 is 0.